The third-order valence-electron chi connectivity index (χ3n) is 5.75. The number of aryl methyl sites for hydroxylation is 1. The Morgan fingerprint density at radius 3 is 2.29 bits per heavy atom. The highest BCUT2D eigenvalue weighted by atomic mass is 32.3. The molecule has 34 heavy (non-hydrogen) atoms. The van der Waals surface area contributed by atoms with Crippen LogP contribution in [0.5, 0.6) is 0 Å². The zero-order chi connectivity index (χ0) is 25.3. The molecule has 0 spiro atoms. The lowest BCUT2D eigenvalue weighted by Gasteiger charge is -2.28. The Labute approximate surface area is 205 Å². The quantitative estimate of drug-likeness (QED) is 0.359. The average Bonchev–Trinajstić information content (AvgIpc) is 3.09. The van der Waals surface area contributed by atoms with Crippen molar-refractivity contribution >= 4 is 41.7 Å². The first-order valence-corrected chi connectivity index (χ1v) is 16.5. The van der Waals surface area contributed by atoms with Crippen LogP contribution in [-0.4, -0.2) is 52.1 Å². The fourth-order valence-corrected chi connectivity index (χ4v) is 8.31. The zero-order valence-electron chi connectivity index (χ0n) is 20.0. The van der Waals surface area contributed by atoms with Crippen molar-refractivity contribution in [2.24, 2.45) is 5.92 Å². The molecule has 0 bridgehead atoms. The third-order valence-corrected chi connectivity index (χ3v) is 10.5. The Morgan fingerprint density at radius 2 is 1.79 bits per heavy atom. The van der Waals surface area contributed by atoms with Gasteiger partial charge in [0.1, 0.15) is 0 Å². The molecule has 3 rings (SSSR count). The average molecular weight is 530 g/mol. The zero-order valence-corrected chi connectivity index (χ0v) is 22.5. The van der Waals surface area contributed by atoms with E-state index in [0.29, 0.717) is 17.8 Å². The van der Waals surface area contributed by atoms with Crippen LogP contribution in [0.4, 0.5) is 11.4 Å². The van der Waals surface area contributed by atoms with E-state index in [1.807, 2.05) is 32.9 Å². The molecule has 0 saturated carbocycles. The van der Waals surface area contributed by atoms with E-state index in [4.69, 9.17) is 4.78 Å². The van der Waals surface area contributed by atoms with Gasteiger partial charge in [0.25, 0.3) is 10.0 Å². The fourth-order valence-electron chi connectivity index (χ4n) is 3.96. The molecular formula is C23H35N3O5S3. The smallest absolute Gasteiger partial charge is 0.264 e. The van der Waals surface area contributed by atoms with Gasteiger partial charge in [0, 0.05) is 24.6 Å². The van der Waals surface area contributed by atoms with E-state index in [-0.39, 0.29) is 39.8 Å². The number of anilines is 2. The van der Waals surface area contributed by atoms with Crippen molar-refractivity contribution in [2.75, 3.05) is 33.9 Å². The molecule has 1 aliphatic rings. The summed E-state index contributed by atoms with van der Waals surface area (Å²) in [5.41, 5.74) is 2.03. The van der Waals surface area contributed by atoms with Crippen molar-refractivity contribution in [3.8, 4) is 0 Å². The SMILES string of the molecule is CCc1ccc(N(CC(C)C)S(=O)(=O)c2ccc(NC3CCS(O)(O)C3)c(S(C)(=N)=O)c2)cc1. The highest BCUT2D eigenvalue weighted by Crippen LogP contribution is 2.46. The maximum Gasteiger partial charge on any atom is 0.264 e. The first-order chi connectivity index (χ1) is 15.7. The van der Waals surface area contributed by atoms with Crippen LogP contribution in [0.3, 0.4) is 0 Å². The fraction of sp³-hybridized carbons (Fsp3) is 0.478. The summed E-state index contributed by atoms with van der Waals surface area (Å²) < 4.78 is 69.6. The first-order valence-electron chi connectivity index (χ1n) is 11.2. The molecular weight excluding hydrogens is 494 g/mol. The van der Waals surface area contributed by atoms with Gasteiger partial charge in [-0.25, -0.2) is 17.4 Å². The van der Waals surface area contributed by atoms with Gasteiger partial charge in [-0.1, -0.05) is 32.9 Å². The van der Waals surface area contributed by atoms with Gasteiger partial charge < -0.3 is 5.32 Å². The third kappa shape index (κ3) is 6.25. The second-order valence-corrected chi connectivity index (χ2v) is 15.6. The minimum Gasteiger partial charge on any atom is -0.380 e. The van der Waals surface area contributed by atoms with Gasteiger partial charge >= 0.3 is 0 Å². The van der Waals surface area contributed by atoms with Crippen LogP contribution in [-0.2, 0) is 26.2 Å². The minimum absolute atomic E-state index is 0.0363. The number of sulfonamides is 1. The van der Waals surface area contributed by atoms with Crippen LogP contribution in [0, 0.1) is 10.7 Å². The molecule has 2 aromatic carbocycles. The van der Waals surface area contributed by atoms with E-state index in [1.165, 1.54) is 28.8 Å². The van der Waals surface area contributed by atoms with Crippen LogP contribution in [0.25, 0.3) is 0 Å². The van der Waals surface area contributed by atoms with E-state index >= 15 is 0 Å². The molecule has 2 aromatic rings. The normalized spacial score (nSPS) is 20.6. The molecule has 4 N–H and O–H groups in total. The lowest BCUT2D eigenvalue weighted by molar-refractivity contribution is 0.495. The van der Waals surface area contributed by atoms with Crippen LogP contribution in [0.1, 0.15) is 32.8 Å². The predicted molar refractivity (Wildman–Crippen MR) is 141 cm³/mol. The maximum absolute atomic E-state index is 13.7. The van der Waals surface area contributed by atoms with Crippen LogP contribution >= 0.6 is 10.6 Å². The van der Waals surface area contributed by atoms with Gasteiger partial charge in [-0.15, -0.1) is 0 Å². The van der Waals surface area contributed by atoms with E-state index in [1.54, 1.807) is 12.1 Å². The van der Waals surface area contributed by atoms with Gasteiger partial charge in [-0.05, 0) is 54.7 Å². The monoisotopic (exact) mass is 529 g/mol. The number of benzene rings is 2. The molecule has 0 aliphatic carbocycles. The molecule has 8 nitrogen and oxygen atoms in total. The van der Waals surface area contributed by atoms with E-state index in [0.717, 1.165) is 12.0 Å². The van der Waals surface area contributed by atoms with Gasteiger partial charge in [0.05, 0.1) is 36.6 Å². The number of hydrogen-bond acceptors (Lipinski definition) is 7. The molecule has 0 radical (unpaired) electrons. The number of hydrogen-bond donors (Lipinski definition) is 4. The summed E-state index contributed by atoms with van der Waals surface area (Å²) in [6.45, 7) is 6.18. The number of nitrogens with zero attached hydrogens (tertiary/aromatic N) is 1. The van der Waals surface area contributed by atoms with Crippen LogP contribution < -0.4 is 9.62 Å². The summed E-state index contributed by atoms with van der Waals surface area (Å²) in [4.78, 5) is 0.0496. The molecule has 2 unspecified atom stereocenters. The Bertz CT molecular complexity index is 1230. The second kappa shape index (κ2) is 10.1. The van der Waals surface area contributed by atoms with Crippen molar-refractivity contribution < 1.29 is 21.7 Å². The molecule has 0 aromatic heterocycles. The Hall–Kier alpha value is -1.79. The summed E-state index contributed by atoms with van der Waals surface area (Å²) in [5, 5.41) is 3.15. The van der Waals surface area contributed by atoms with Gasteiger partial charge in [-0.2, -0.15) is 10.6 Å². The molecule has 11 heteroatoms. The van der Waals surface area contributed by atoms with E-state index in [2.05, 4.69) is 5.32 Å². The van der Waals surface area contributed by atoms with Crippen molar-refractivity contribution in [3.63, 3.8) is 0 Å². The predicted octanol–water partition coefficient (Wildman–Crippen LogP) is 5.07. The van der Waals surface area contributed by atoms with Crippen molar-refractivity contribution in [3.05, 3.63) is 48.0 Å². The molecule has 1 aliphatic heterocycles. The summed E-state index contributed by atoms with van der Waals surface area (Å²) in [7, 11) is -9.90. The first kappa shape index (κ1) is 26.8. The molecule has 1 heterocycles. The van der Waals surface area contributed by atoms with Crippen LogP contribution in [0.15, 0.2) is 52.3 Å². The maximum atomic E-state index is 13.7. The van der Waals surface area contributed by atoms with Gasteiger partial charge in [0.15, 0.2) is 0 Å². The minimum atomic E-state index is -3.99. The van der Waals surface area contributed by atoms with E-state index < -0.39 is 30.3 Å². The molecule has 190 valence electrons. The van der Waals surface area contributed by atoms with E-state index in [9.17, 15) is 21.7 Å². The molecule has 1 fully saturated rings. The highest BCUT2D eigenvalue weighted by molar-refractivity contribution is 8.24. The summed E-state index contributed by atoms with van der Waals surface area (Å²) in [6.07, 6.45) is 2.63. The topological polar surface area (TPSA) is 131 Å². The van der Waals surface area contributed by atoms with Crippen molar-refractivity contribution in [2.45, 2.75) is 49.4 Å². The Kier molecular flexibility index (Phi) is 7.93. The van der Waals surface area contributed by atoms with Crippen molar-refractivity contribution in [1.29, 1.82) is 4.78 Å². The largest absolute Gasteiger partial charge is 0.380 e. The van der Waals surface area contributed by atoms with Gasteiger partial charge in [-0.3, -0.25) is 13.4 Å². The lowest BCUT2D eigenvalue weighted by atomic mass is 10.1. The second-order valence-electron chi connectivity index (χ2n) is 9.25. The lowest BCUT2D eigenvalue weighted by Crippen LogP contribution is -2.34. The molecule has 0 amide bonds. The summed E-state index contributed by atoms with van der Waals surface area (Å²) in [5.74, 6) is 0.524. The van der Waals surface area contributed by atoms with Crippen molar-refractivity contribution in [1.82, 2.24) is 0 Å². The Morgan fingerprint density at radius 1 is 1.15 bits per heavy atom. The van der Waals surface area contributed by atoms with Crippen LogP contribution in [0.2, 0.25) is 0 Å². The number of rotatable bonds is 9. The van der Waals surface area contributed by atoms with Gasteiger partial charge in [0.2, 0.25) is 0 Å². The number of nitrogens with one attached hydrogen (secondary N) is 2. The summed E-state index contributed by atoms with van der Waals surface area (Å²) >= 11 is 0. The summed E-state index contributed by atoms with van der Waals surface area (Å²) in [6, 6.07) is 11.4. The molecule has 1 saturated heterocycles. The molecule has 2 atom stereocenters. The highest BCUT2D eigenvalue weighted by Gasteiger charge is 2.31. The Balaban J connectivity index is 2.03. The standard InChI is InChI=1S/C23H35N3O5S3/c1-5-18-6-8-20(9-7-18)26(15-17(2)3)34(30,31)21-10-11-22(23(14-21)32(4,24)27)25-19-12-13-33(28,29)16-19/h6-11,14,17,19,24-25,28-29H,5,12-13,15-16H2,1-4H3.